The van der Waals surface area contributed by atoms with E-state index in [1.807, 2.05) is 11.8 Å². The van der Waals surface area contributed by atoms with Gasteiger partial charge in [-0.1, -0.05) is 0 Å². The third-order valence-electron chi connectivity index (χ3n) is 4.05. The summed E-state index contributed by atoms with van der Waals surface area (Å²) in [6.45, 7) is 6.14. The molecule has 5 heteroatoms. The second-order valence-electron chi connectivity index (χ2n) is 5.20. The van der Waals surface area contributed by atoms with Crippen LogP contribution in [-0.4, -0.2) is 52.9 Å². The number of nitrogens with zero attached hydrogens (tertiary/aromatic N) is 3. The van der Waals surface area contributed by atoms with E-state index in [-0.39, 0.29) is 5.91 Å². The van der Waals surface area contributed by atoms with Crippen LogP contribution in [0.2, 0.25) is 0 Å². The highest BCUT2D eigenvalue weighted by molar-refractivity contribution is 7.11. The molecule has 2 fully saturated rings. The van der Waals surface area contributed by atoms with Gasteiger partial charge in [-0.3, -0.25) is 9.69 Å². The maximum absolute atomic E-state index is 12.4. The van der Waals surface area contributed by atoms with Gasteiger partial charge in [0.2, 0.25) is 0 Å². The van der Waals surface area contributed by atoms with E-state index in [2.05, 4.69) is 9.88 Å². The minimum Gasteiger partial charge on any atom is -0.336 e. The molecule has 0 spiro atoms. The number of aromatic nitrogens is 1. The van der Waals surface area contributed by atoms with E-state index in [0.29, 0.717) is 6.04 Å². The number of thiazole rings is 1. The summed E-state index contributed by atoms with van der Waals surface area (Å²) in [6, 6.07) is 0.588. The fourth-order valence-corrected chi connectivity index (χ4v) is 3.75. The number of amides is 1. The fraction of sp³-hybridized carbons (Fsp3) is 0.692. The van der Waals surface area contributed by atoms with Crippen molar-refractivity contribution in [3.63, 3.8) is 0 Å². The number of carbonyl (C=O) groups excluding carboxylic acids is 1. The van der Waals surface area contributed by atoms with Gasteiger partial charge in [-0.2, -0.15) is 0 Å². The van der Waals surface area contributed by atoms with Gasteiger partial charge >= 0.3 is 0 Å². The van der Waals surface area contributed by atoms with Crippen molar-refractivity contribution in [2.75, 3.05) is 26.2 Å². The summed E-state index contributed by atoms with van der Waals surface area (Å²) in [6.07, 6.45) is 3.76. The van der Waals surface area contributed by atoms with Gasteiger partial charge < -0.3 is 4.90 Å². The average Bonchev–Trinajstić information content (AvgIpc) is 3.09. The Morgan fingerprint density at radius 3 is 2.83 bits per heavy atom. The monoisotopic (exact) mass is 265 g/mol. The van der Waals surface area contributed by atoms with Gasteiger partial charge in [0.15, 0.2) is 0 Å². The maximum Gasteiger partial charge on any atom is 0.265 e. The Kier molecular flexibility index (Phi) is 3.35. The van der Waals surface area contributed by atoms with Crippen LogP contribution in [0.15, 0.2) is 5.51 Å². The standard InChI is InChI=1S/C13H19N3OS/c1-10-12(18-9-14-10)13(17)16-7-4-11(8-16)15-5-2-3-6-15/h9,11H,2-8H2,1H3. The highest BCUT2D eigenvalue weighted by atomic mass is 32.1. The topological polar surface area (TPSA) is 36.4 Å². The van der Waals surface area contributed by atoms with Crippen LogP contribution < -0.4 is 0 Å². The smallest absolute Gasteiger partial charge is 0.265 e. The first-order valence-corrected chi connectivity index (χ1v) is 7.57. The van der Waals surface area contributed by atoms with Crippen LogP contribution in [-0.2, 0) is 0 Å². The third-order valence-corrected chi connectivity index (χ3v) is 4.96. The Labute approximate surface area is 112 Å². The summed E-state index contributed by atoms with van der Waals surface area (Å²) >= 11 is 1.46. The van der Waals surface area contributed by atoms with Crippen molar-refractivity contribution in [1.29, 1.82) is 0 Å². The zero-order valence-corrected chi connectivity index (χ0v) is 11.6. The molecule has 1 unspecified atom stereocenters. The lowest BCUT2D eigenvalue weighted by atomic mass is 10.2. The zero-order chi connectivity index (χ0) is 12.5. The molecule has 3 heterocycles. The van der Waals surface area contributed by atoms with E-state index in [1.54, 1.807) is 5.51 Å². The molecule has 0 aliphatic carbocycles. The number of likely N-dealkylation sites (tertiary alicyclic amines) is 2. The summed E-state index contributed by atoms with van der Waals surface area (Å²) in [7, 11) is 0. The second kappa shape index (κ2) is 4.97. The largest absolute Gasteiger partial charge is 0.336 e. The van der Waals surface area contributed by atoms with Crippen LogP contribution in [0.4, 0.5) is 0 Å². The van der Waals surface area contributed by atoms with Gasteiger partial charge in [0.25, 0.3) is 5.91 Å². The van der Waals surface area contributed by atoms with Crippen LogP contribution in [0.3, 0.4) is 0 Å². The van der Waals surface area contributed by atoms with E-state index in [0.717, 1.165) is 30.1 Å². The average molecular weight is 265 g/mol. The first kappa shape index (κ1) is 12.1. The minimum atomic E-state index is 0.177. The first-order valence-electron chi connectivity index (χ1n) is 6.69. The summed E-state index contributed by atoms with van der Waals surface area (Å²) < 4.78 is 0. The van der Waals surface area contributed by atoms with Crippen molar-refractivity contribution in [3.8, 4) is 0 Å². The van der Waals surface area contributed by atoms with Gasteiger partial charge in [0, 0.05) is 19.1 Å². The molecule has 3 rings (SSSR count). The van der Waals surface area contributed by atoms with Crippen LogP contribution in [0.1, 0.15) is 34.6 Å². The number of hydrogen-bond acceptors (Lipinski definition) is 4. The Bertz CT molecular complexity index is 439. The lowest BCUT2D eigenvalue weighted by molar-refractivity contribution is 0.0784. The molecule has 18 heavy (non-hydrogen) atoms. The zero-order valence-electron chi connectivity index (χ0n) is 10.8. The van der Waals surface area contributed by atoms with Gasteiger partial charge in [0.05, 0.1) is 11.2 Å². The van der Waals surface area contributed by atoms with E-state index in [1.165, 1.54) is 37.3 Å². The quantitative estimate of drug-likeness (QED) is 0.817. The molecule has 0 bridgehead atoms. The second-order valence-corrected chi connectivity index (χ2v) is 6.06. The Hall–Kier alpha value is -0.940. The number of hydrogen-bond donors (Lipinski definition) is 0. The Balaban J connectivity index is 1.65. The van der Waals surface area contributed by atoms with Crippen molar-refractivity contribution < 1.29 is 4.79 Å². The highest BCUT2D eigenvalue weighted by Crippen LogP contribution is 2.23. The van der Waals surface area contributed by atoms with Crippen molar-refractivity contribution in [2.24, 2.45) is 0 Å². The molecule has 1 atom stereocenters. The molecule has 98 valence electrons. The van der Waals surface area contributed by atoms with Crippen LogP contribution in [0.25, 0.3) is 0 Å². The minimum absolute atomic E-state index is 0.177. The van der Waals surface area contributed by atoms with Gasteiger partial charge in [0.1, 0.15) is 4.88 Å². The molecule has 1 aromatic rings. The van der Waals surface area contributed by atoms with Crippen molar-refractivity contribution >= 4 is 17.2 Å². The molecule has 0 radical (unpaired) electrons. The number of carbonyl (C=O) groups is 1. The van der Waals surface area contributed by atoms with Crippen molar-refractivity contribution in [2.45, 2.75) is 32.2 Å². The van der Waals surface area contributed by atoms with Gasteiger partial charge in [-0.25, -0.2) is 4.98 Å². The summed E-state index contributed by atoms with van der Waals surface area (Å²) in [5.41, 5.74) is 2.63. The molecular weight excluding hydrogens is 246 g/mol. The Morgan fingerprint density at radius 1 is 1.39 bits per heavy atom. The molecule has 4 nitrogen and oxygen atoms in total. The molecule has 1 aromatic heterocycles. The predicted octanol–water partition coefficient (Wildman–Crippen LogP) is 1.76. The van der Waals surface area contributed by atoms with E-state index < -0.39 is 0 Å². The first-order chi connectivity index (χ1) is 8.75. The molecule has 0 saturated carbocycles. The van der Waals surface area contributed by atoms with E-state index >= 15 is 0 Å². The normalized spacial score (nSPS) is 24.9. The predicted molar refractivity (Wildman–Crippen MR) is 72.0 cm³/mol. The van der Waals surface area contributed by atoms with Gasteiger partial charge in [-0.05, 0) is 39.3 Å². The molecular formula is C13H19N3OS. The van der Waals surface area contributed by atoms with Crippen LogP contribution >= 0.6 is 11.3 Å². The number of rotatable bonds is 2. The van der Waals surface area contributed by atoms with Crippen LogP contribution in [0.5, 0.6) is 0 Å². The molecule has 2 saturated heterocycles. The molecule has 1 amide bonds. The van der Waals surface area contributed by atoms with Crippen molar-refractivity contribution in [1.82, 2.24) is 14.8 Å². The SMILES string of the molecule is Cc1ncsc1C(=O)N1CCC(N2CCCC2)C1. The van der Waals surface area contributed by atoms with Crippen molar-refractivity contribution in [3.05, 3.63) is 16.1 Å². The molecule has 0 aromatic carbocycles. The summed E-state index contributed by atoms with van der Waals surface area (Å²) in [4.78, 5) is 21.9. The number of aryl methyl sites for hydroxylation is 1. The lowest BCUT2D eigenvalue weighted by Crippen LogP contribution is -2.37. The fourth-order valence-electron chi connectivity index (χ4n) is 2.98. The van der Waals surface area contributed by atoms with E-state index in [9.17, 15) is 4.79 Å². The summed E-state index contributed by atoms with van der Waals surface area (Å²) in [5.74, 6) is 0.177. The van der Waals surface area contributed by atoms with Gasteiger partial charge in [-0.15, -0.1) is 11.3 Å². The summed E-state index contributed by atoms with van der Waals surface area (Å²) in [5, 5.41) is 0. The third kappa shape index (κ3) is 2.17. The van der Waals surface area contributed by atoms with Crippen LogP contribution in [0, 0.1) is 6.92 Å². The maximum atomic E-state index is 12.4. The Morgan fingerprint density at radius 2 is 2.17 bits per heavy atom. The molecule has 2 aliphatic heterocycles. The lowest BCUT2D eigenvalue weighted by Gasteiger charge is -2.23. The molecule has 0 N–H and O–H groups in total. The van der Waals surface area contributed by atoms with E-state index in [4.69, 9.17) is 0 Å². The highest BCUT2D eigenvalue weighted by Gasteiger charge is 2.32. The molecule has 2 aliphatic rings.